The Hall–Kier alpha value is -2.10. The fourth-order valence-electron chi connectivity index (χ4n) is 1.22. The largest absolute Gasteiger partial charge is 0.534 e. The molecule has 10 heteroatoms. The van der Waals surface area contributed by atoms with Crippen molar-refractivity contribution in [1.82, 2.24) is 0 Å². The van der Waals surface area contributed by atoms with Gasteiger partial charge in [-0.3, -0.25) is 4.79 Å². The first kappa shape index (κ1) is 17.0. The highest BCUT2D eigenvalue weighted by Gasteiger charge is 2.48. The Morgan fingerprint density at radius 1 is 1.33 bits per heavy atom. The van der Waals surface area contributed by atoms with E-state index in [2.05, 4.69) is 8.92 Å². The Bertz CT molecular complexity index is 650. The molecule has 0 aliphatic carbocycles. The third-order valence-electron chi connectivity index (χ3n) is 2.13. The summed E-state index contributed by atoms with van der Waals surface area (Å²) >= 11 is 0. The Balaban J connectivity index is 3.17. The molecule has 0 spiro atoms. The molecular weight excluding hydrogens is 317 g/mol. The second kappa shape index (κ2) is 6.12. The van der Waals surface area contributed by atoms with Crippen LogP contribution in [0.25, 0.3) is 0 Å². The van der Waals surface area contributed by atoms with Gasteiger partial charge >= 0.3 is 21.6 Å². The van der Waals surface area contributed by atoms with E-state index in [-0.39, 0.29) is 18.5 Å². The van der Waals surface area contributed by atoms with Crippen LogP contribution < -0.4 is 4.18 Å². The minimum Gasteiger partial charge on any atom is -0.462 e. The van der Waals surface area contributed by atoms with E-state index in [1.165, 1.54) is 6.92 Å². The summed E-state index contributed by atoms with van der Waals surface area (Å²) in [5.41, 5.74) is -6.29. The summed E-state index contributed by atoms with van der Waals surface area (Å²) in [5.74, 6) is -1.65. The average Bonchev–Trinajstić information content (AvgIpc) is 2.37. The zero-order valence-corrected chi connectivity index (χ0v) is 11.3. The summed E-state index contributed by atoms with van der Waals surface area (Å²) in [7, 11) is -5.90. The van der Waals surface area contributed by atoms with Gasteiger partial charge in [-0.05, 0) is 25.1 Å². The molecule has 1 aromatic carbocycles. The quantitative estimate of drug-likeness (QED) is 0.355. The SMILES string of the molecule is CCOC(=O)c1ccc(OS(=O)(=O)C(F)(F)F)c(C=O)c1. The van der Waals surface area contributed by atoms with Gasteiger partial charge in [0.15, 0.2) is 12.0 Å². The zero-order chi connectivity index (χ0) is 16.3. The first-order valence-corrected chi connectivity index (χ1v) is 6.80. The molecule has 6 nitrogen and oxygen atoms in total. The molecule has 0 aliphatic heterocycles. The molecule has 0 N–H and O–H groups in total. The van der Waals surface area contributed by atoms with E-state index in [0.717, 1.165) is 18.2 Å². The minimum absolute atomic E-state index is 0.0515. The minimum atomic E-state index is -5.90. The van der Waals surface area contributed by atoms with Crippen LogP contribution in [0, 0.1) is 0 Å². The zero-order valence-electron chi connectivity index (χ0n) is 10.5. The molecular formula is C11H9F3O6S. The van der Waals surface area contributed by atoms with Gasteiger partial charge in [0, 0.05) is 0 Å². The number of hydrogen-bond donors (Lipinski definition) is 0. The molecule has 0 bridgehead atoms. The van der Waals surface area contributed by atoms with E-state index in [9.17, 15) is 31.2 Å². The van der Waals surface area contributed by atoms with Crippen molar-refractivity contribution >= 4 is 22.4 Å². The summed E-state index contributed by atoms with van der Waals surface area (Å²) in [6.45, 7) is 1.59. The summed E-state index contributed by atoms with van der Waals surface area (Å²) in [4.78, 5) is 22.2. The van der Waals surface area contributed by atoms with E-state index >= 15 is 0 Å². The third kappa shape index (κ3) is 3.94. The first-order chi connectivity index (χ1) is 9.62. The fourth-order valence-corrected chi connectivity index (χ4v) is 1.71. The van der Waals surface area contributed by atoms with Crippen molar-refractivity contribution in [3.05, 3.63) is 29.3 Å². The molecule has 0 aliphatic rings. The Morgan fingerprint density at radius 3 is 2.43 bits per heavy atom. The van der Waals surface area contributed by atoms with Gasteiger partial charge in [-0.25, -0.2) is 4.79 Å². The molecule has 0 saturated heterocycles. The number of esters is 1. The molecule has 116 valence electrons. The molecule has 0 fully saturated rings. The molecule has 0 heterocycles. The maximum Gasteiger partial charge on any atom is 0.534 e. The number of rotatable bonds is 5. The van der Waals surface area contributed by atoms with Gasteiger partial charge in [-0.2, -0.15) is 21.6 Å². The van der Waals surface area contributed by atoms with Crippen molar-refractivity contribution in [2.75, 3.05) is 6.61 Å². The van der Waals surface area contributed by atoms with Gasteiger partial charge in [0.05, 0.1) is 17.7 Å². The lowest BCUT2D eigenvalue weighted by molar-refractivity contribution is -0.0500. The topological polar surface area (TPSA) is 86.7 Å². The lowest BCUT2D eigenvalue weighted by Crippen LogP contribution is -2.28. The van der Waals surface area contributed by atoms with Crippen LogP contribution in [0.1, 0.15) is 27.6 Å². The van der Waals surface area contributed by atoms with Crippen LogP contribution >= 0.6 is 0 Å². The lowest BCUT2D eigenvalue weighted by atomic mass is 10.1. The normalized spacial score (nSPS) is 11.8. The monoisotopic (exact) mass is 326 g/mol. The molecule has 0 radical (unpaired) electrons. The number of ether oxygens (including phenoxy) is 1. The van der Waals surface area contributed by atoms with Gasteiger partial charge in [-0.15, -0.1) is 0 Å². The maximum absolute atomic E-state index is 12.2. The van der Waals surface area contributed by atoms with Crippen molar-refractivity contribution < 1.29 is 40.1 Å². The third-order valence-corrected chi connectivity index (χ3v) is 3.10. The Labute approximate surface area is 117 Å². The van der Waals surface area contributed by atoms with Gasteiger partial charge in [0.2, 0.25) is 0 Å². The molecule has 1 aromatic rings. The van der Waals surface area contributed by atoms with Gasteiger partial charge in [-0.1, -0.05) is 0 Å². The molecule has 0 unspecified atom stereocenters. The molecule has 0 atom stereocenters. The van der Waals surface area contributed by atoms with Crippen LogP contribution in [0.5, 0.6) is 5.75 Å². The number of benzene rings is 1. The number of carbonyl (C=O) groups is 2. The maximum atomic E-state index is 12.2. The lowest BCUT2D eigenvalue weighted by Gasteiger charge is -2.11. The van der Waals surface area contributed by atoms with Crippen LogP contribution in [0.3, 0.4) is 0 Å². The summed E-state index contributed by atoms with van der Waals surface area (Å²) in [5, 5.41) is 0. The van der Waals surface area contributed by atoms with Crippen LogP contribution in [0.2, 0.25) is 0 Å². The molecule has 0 amide bonds. The summed E-state index contributed by atoms with van der Waals surface area (Å²) < 4.78 is 66.7. The number of alkyl halides is 3. The summed E-state index contributed by atoms with van der Waals surface area (Å²) in [6, 6.07) is 2.61. The van der Waals surface area contributed by atoms with E-state index < -0.39 is 32.9 Å². The van der Waals surface area contributed by atoms with Crippen LogP contribution in [0.4, 0.5) is 13.2 Å². The highest BCUT2D eigenvalue weighted by atomic mass is 32.2. The van der Waals surface area contributed by atoms with Crippen LogP contribution in [0.15, 0.2) is 18.2 Å². The highest BCUT2D eigenvalue weighted by molar-refractivity contribution is 7.88. The van der Waals surface area contributed by atoms with E-state index in [0.29, 0.717) is 0 Å². The van der Waals surface area contributed by atoms with E-state index in [1.807, 2.05) is 0 Å². The van der Waals surface area contributed by atoms with Gasteiger partial charge < -0.3 is 8.92 Å². The molecule has 0 aromatic heterocycles. The van der Waals surface area contributed by atoms with Crippen molar-refractivity contribution in [2.45, 2.75) is 12.4 Å². The van der Waals surface area contributed by atoms with Crippen molar-refractivity contribution in [3.8, 4) is 5.75 Å². The van der Waals surface area contributed by atoms with Crippen molar-refractivity contribution in [2.24, 2.45) is 0 Å². The smallest absolute Gasteiger partial charge is 0.462 e. The Morgan fingerprint density at radius 2 is 1.95 bits per heavy atom. The second-order valence-electron chi connectivity index (χ2n) is 3.57. The number of aldehydes is 1. The Kier molecular flexibility index (Phi) is 4.94. The van der Waals surface area contributed by atoms with Gasteiger partial charge in [0.25, 0.3) is 0 Å². The average molecular weight is 326 g/mol. The standard InChI is InChI=1S/C11H9F3O6S/c1-2-19-10(16)7-3-4-9(8(5-7)6-15)20-21(17,18)11(12,13)14/h3-6H,2H2,1H3. The van der Waals surface area contributed by atoms with Crippen LogP contribution in [-0.2, 0) is 14.9 Å². The highest BCUT2D eigenvalue weighted by Crippen LogP contribution is 2.29. The van der Waals surface area contributed by atoms with Gasteiger partial charge in [0.1, 0.15) is 0 Å². The summed E-state index contributed by atoms with van der Waals surface area (Å²) in [6.07, 6.45) is 0.0595. The predicted octanol–water partition coefficient (Wildman–Crippen LogP) is 1.90. The van der Waals surface area contributed by atoms with E-state index in [1.54, 1.807) is 0 Å². The fraction of sp³-hybridized carbons (Fsp3) is 0.273. The van der Waals surface area contributed by atoms with Crippen LogP contribution in [-0.4, -0.2) is 32.8 Å². The number of halogens is 3. The number of carbonyl (C=O) groups excluding carboxylic acids is 2. The molecule has 0 saturated carbocycles. The molecule has 21 heavy (non-hydrogen) atoms. The second-order valence-corrected chi connectivity index (χ2v) is 5.11. The van der Waals surface area contributed by atoms with Crippen molar-refractivity contribution in [3.63, 3.8) is 0 Å². The first-order valence-electron chi connectivity index (χ1n) is 5.39. The van der Waals surface area contributed by atoms with Crippen molar-refractivity contribution in [1.29, 1.82) is 0 Å². The predicted molar refractivity (Wildman–Crippen MR) is 63.4 cm³/mol. The number of hydrogen-bond acceptors (Lipinski definition) is 6. The van der Waals surface area contributed by atoms with E-state index in [4.69, 9.17) is 0 Å². The molecule has 1 rings (SSSR count).